The summed E-state index contributed by atoms with van der Waals surface area (Å²) in [6, 6.07) is 6.47. The molecule has 1 N–H and O–H groups in total. The lowest BCUT2D eigenvalue weighted by molar-refractivity contribution is -0.131. The maximum Gasteiger partial charge on any atom is 0.328 e. The summed E-state index contributed by atoms with van der Waals surface area (Å²) in [6.07, 6.45) is 6.88. The van der Waals surface area contributed by atoms with Crippen molar-refractivity contribution < 1.29 is 9.90 Å². The van der Waals surface area contributed by atoms with Gasteiger partial charge in [0.1, 0.15) is 0 Å². The van der Waals surface area contributed by atoms with E-state index < -0.39 is 5.97 Å². The maximum atomic E-state index is 11.1. The fourth-order valence-electron chi connectivity index (χ4n) is 3.05. The van der Waals surface area contributed by atoms with E-state index in [1.54, 1.807) is 0 Å². The SMILES string of the molecule is CCC(CC)/C(=C\C(=O)O)c1ccc2c(c1)CCC2. The molecule has 2 nitrogen and oxygen atoms in total. The third-order valence-corrected chi connectivity index (χ3v) is 4.14. The molecule has 0 saturated heterocycles. The smallest absolute Gasteiger partial charge is 0.328 e. The van der Waals surface area contributed by atoms with Crippen molar-refractivity contribution in [2.24, 2.45) is 5.92 Å². The summed E-state index contributed by atoms with van der Waals surface area (Å²) in [7, 11) is 0. The van der Waals surface area contributed by atoms with Crippen LogP contribution in [0.5, 0.6) is 0 Å². The number of hydrogen-bond acceptors (Lipinski definition) is 1. The van der Waals surface area contributed by atoms with Crippen LogP contribution in [0.4, 0.5) is 0 Å². The van der Waals surface area contributed by atoms with Crippen molar-refractivity contribution in [3.05, 3.63) is 41.0 Å². The number of carbonyl (C=O) groups is 1. The van der Waals surface area contributed by atoms with Crippen molar-refractivity contribution >= 4 is 11.5 Å². The first-order chi connectivity index (χ1) is 9.15. The number of rotatable bonds is 5. The van der Waals surface area contributed by atoms with Gasteiger partial charge in [0, 0.05) is 6.08 Å². The summed E-state index contributed by atoms with van der Waals surface area (Å²) in [5, 5.41) is 9.10. The molecule has 102 valence electrons. The summed E-state index contributed by atoms with van der Waals surface area (Å²) >= 11 is 0. The van der Waals surface area contributed by atoms with Crippen molar-refractivity contribution in [3.63, 3.8) is 0 Å². The van der Waals surface area contributed by atoms with Crippen molar-refractivity contribution in [1.29, 1.82) is 0 Å². The Balaban J connectivity index is 2.41. The molecule has 1 aromatic rings. The number of aliphatic carboxylic acids is 1. The summed E-state index contributed by atoms with van der Waals surface area (Å²) in [5.41, 5.74) is 4.91. The molecule has 0 atom stereocenters. The monoisotopic (exact) mass is 258 g/mol. The van der Waals surface area contributed by atoms with E-state index in [1.165, 1.54) is 30.0 Å². The zero-order valence-electron chi connectivity index (χ0n) is 11.8. The molecule has 1 aromatic carbocycles. The third kappa shape index (κ3) is 3.06. The number of fused-ring (bicyclic) bond motifs is 1. The molecule has 0 spiro atoms. The van der Waals surface area contributed by atoms with Crippen LogP contribution in [0.3, 0.4) is 0 Å². The Hall–Kier alpha value is -1.57. The minimum Gasteiger partial charge on any atom is -0.478 e. The molecule has 0 unspecified atom stereocenters. The van der Waals surface area contributed by atoms with Crippen LogP contribution >= 0.6 is 0 Å². The molecule has 0 aromatic heterocycles. The highest BCUT2D eigenvalue weighted by atomic mass is 16.4. The van der Waals surface area contributed by atoms with Crippen LogP contribution in [-0.4, -0.2) is 11.1 Å². The molecular weight excluding hydrogens is 236 g/mol. The fourth-order valence-corrected chi connectivity index (χ4v) is 3.05. The van der Waals surface area contributed by atoms with Crippen LogP contribution < -0.4 is 0 Å². The molecule has 0 fully saturated rings. The first-order valence-corrected chi connectivity index (χ1v) is 7.22. The molecular formula is C17H22O2. The second-order valence-electron chi connectivity index (χ2n) is 5.29. The molecule has 0 saturated carbocycles. The molecule has 19 heavy (non-hydrogen) atoms. The van der Waals surface area contributed by atoms with E-state index in [0.717, 1.165) is 30.4 Å². The summed E-state index contributed by atoms with van der Waals surface area (Å²) in [4.78, 5) is 11.1. The number of hydrogen-bond donors (Lipinski definition) is 1. The predicted molar refractivity (Wildman–Crippen MR) is 78.2 cm³/mol. The molecule has 0 radical (unpaired) electrons. The van der Waals surface area contributed by atoms with Crippen LogP contribution in [0.2, 0.25) is 0 Å². The highest BCUT2D eigenvalue weighted by Gasteiger charge is 2.17. The molecule has 2 heteroatoms. The molecule has 0 aliphatic heterocycles. The van der Waals surface area contributed by atoms with E-state index in [-0.39, 0.29) is 0 Å². The first kappa shape index (κ1) is 13.9. The van der Waals surface area contributed by atoms with Gasteiger partial charge in [-0.25, -0.2) is 4.79 Å². The van der Waals surface area contributed by atoms with Gasteiger partial charge >= 0.3 is 5.97 Å². The van der Waals surface area contributed by atoms with Crippen molar-refractivity contribution in [2.45, 2.75) is 46.0 Å². The van der Waals surface area contributed by atoms with Gasteiger partial charge in [-0.15, -0.1) is 0 Å². The van der Waals surface area contributed by atoms with Crippen LogP contribution in [-0.2, 0) is 17.6 Å². The molecule has 0 amide bonds. The largest absolute Gasteiger partial charge is 0.478 e. The predicted octanol–water partition coefficient (Wildman–Crippen LogP) is 4.08. The van der Waals surface area contributed by atoms with Gasteiger partial charge in [-0.2, -0.15) is 0 Å². The van der Waals surface area contributed by atoms with Gasteiger partial charge in [-0.05, 0) is 60.3 Å². The van der Waals surface area contributed by atoms with Crippen LogP contribution in [0, 0.1) is 5.92 Å². The molecule has 0 bridgehead atoms. The van der Waals surface area contributed by atoms with E-state index in [0.29, 0.717) is 5.92 Å². The quantitative estimate of drug-likeness (QED) is 0.808. The number of benzene rings is 1. The zero-order chi connectivity index (χ0) is 13.8. The third-order valence-electron chi connectivity index (χ3n) is 4.14. The average molecular weight is 258 g/mol. The van der Waals surface area contributed by atoms with Crippen LogP contribution in [0.15, 0.2) is 24.3 Å². The lowest BCUT2D eigenvalue weighted by atomic mass is 9.87. The molecule has 1 aliphatic rings. The molecule has 2 rings (SSSR count). The Kier molecular flexibility index (Phi) is 4.41. The van der Waals surface area contributed by atoms with Crippen molar-refractivity contribution in [3.8, 4) is 0 Å². The second kappa shape index (κ2) is 6.05. The minimum atomic E-state index is -0.845. The van der Waals surface area contributed by atoms with E-state index in [4.69, 9.17) is 5.11 Å². The van der Waals surface area contributed by atoms with Gasteiger partial charge in [0.25, 0.3) is 0 Å². The number of aryl methyl sites for hydroxylation is 2. The van der Waals surface area contributed by atoms with Gasteiger partial charge < -0.3 is 5.11 Å². The Morgan fingerprint density at radius 2 is 1.95 bits per heavy atom. The highest BCUT2D eigenvalue weighted by molar-refractivity contribution is 5.90. The molecule has 1 aliphatic carbocycles. The minimum absolute atomic E-state index is 0.329. The van der Waals surface area contributed by atoms with Gasteiger partial charge in [0.2, 0.25) is 0 Å². The average Bonchev–Trinajstić information content (AvgIpc) is 2.85. The van der Waals surface area contributed by atoms with Crippen molar-refractivity contribution in [1.82, 2.24) is 0 Å². The topological polar surface area (TPSA) is 37.3 Å². The Morgan fingerprint density at radius 1 is 1.26 bits per heavy atom. The van der Waals surface area contributed by atoms with E-state index in [1.807, 2.05) is 0 Å². The maximum absolute atomic E-state index is 11.1. The number of carboxylic acids is 1. The van der Waals surface area contributed by atoms with Crippen LogP contribution in [0.25, 0.3) is 5.57 Å². The summed E-state index contributed by atoms with van der Waals surface area (Å²) in [6.45, 7) is 4.24. The van der Waals surface area contributed by atoms with Gasteiger partial charge in [0.05, 0.1) is 0 Å². The lowest BCUT2D eigenvalue weighted by Gasteiger charge is -2.18. The van der Waals surface area contributed by atoms with E-state index in [2.05, 4.69) is 32.0 Å². The normalized spacial score (nSPS) is 14.8. The molecule has 0 heterocycles. The van der Waals surface area contributed by atoms with Gasteiger partial charge in [0.15, 0.2) is 0 Å². The number of carboxylic acid groups (broad SMARTS) is 1. The Bertz CT molecular complexity index is 496. The van der Waals surface area contributed by atoms with Gasteiger partial charge in [-0.1, -0.05) is 32.0 Å². The van der Waals surface area contributed by atoms with Crippen molar-refractivity contribution in [2.75, 3.05) is 0 Å². The highest BCUT2D eigenvalue weighted by Crippen LogP contribution is 2.32. The summed E-state index contributed by atoms with van der Waals surface area (Å²) in [5.74, 6) is -0.516. The fraction of sp³-hybridized carbons (Fsp3) is 0.471. The Labute approximate surface area is 115 Å². The van der Waals surface area contributed by atoms with E-state index >= 15 is 0 Å². The standard InChI is InChI=1S/C17H22O2/c1-3-12(4-2)16(11-17(18)19)15-9-8-13-6-5-7-14(13)10-15/h8-12H,3-7H2,1-2H3,(H,18,19)/b16-11+. The second-order valence-corrected chi connectivity index (χ2v) is 5.29. The zero-order valence-corrected chi connectivity index (χ0v) is 11.8. The van der Waals surface area contributed by atoms with E-state index in [9.17, 15) is 4.79 Å². The Morgan fingerprint density at radius 3 is 2.58 bits per heavy atom. The lowest BCUT2D eigenvalue weighted by Crippen LogP contribution is -2.04. The van der Waals surface area contributed by atoms with Crippen LogP contribution in [0.1, 0.15) is 49.8 Å². The van der Waals surface area contributed by atoms with Gasteiger partial charge in [-0.3, -0.25) is 0 Å². The number of allylic oxidation sites excluding steroid dienone is 1. The summed E-state index contributed by atoms with van der Waals surface area (Å²) < 4.78 is 0. The first-order valence-electron chi connectivity index (χ1n) is 7.22.